The van der Waals surface area contributed by atoms with E-state index in [0.717, 1.165) is 26.1 Å². The smallest absolute Gasteiger partial charge is 0.339 e. The predicted molar refractivity (Wildman–Crippen MR) is 83.1 cm³/mol. The van der Waals surface area contributed by atoms with E-state index in [0.29, 0.717) is 16.3 Å². The third-order valence-corrected chi connectivity index (χ3v) is 3.61. The summed E-state index contributed by atoms with van der Waals surface area (Å²) in [5.41, 5.74) is 6.50. The Morgan fingerprint density at radius 2 is 2.00 bits per heavy atom. The van der Waals surface area contributed by atoms with E-state index in [4.69, 9.17) is 22.1 Å². The summed E-state index contributed by atoms with van der Waals surface area (Å²) in [5, 5.41) is 0.327. The van der Waals surface area contributed by atoms with Crippen molar-refractivity contribution in [1.82, 2.24) is 4.90 Å². The number of carbonyl (C=O) groups excluding carboxylic acids is 1. The number of nitrogens with two attached hydrogens (primary N) is 1. The van der Waals surface area contributed by atoms with Gasteiger partial charge in [0, 0.05) is 12.2 Å². The summed E-state index contributed by atoms with van der Waals surface area (Å²) in [4.78, 5) is 14.4. The van der Waals surface area contributed by atoms with E-state index < -0.39 is 5.97 Å². The Kier molecular flexibility index (Phi) is 6.82. The summed E-state index contributed by atoms with van der Waals surface area (Å²) in [6, 6.07) is 4.81. The van der Waals surface area contributed by atoms with Gasteiger partial charge in [-0.2, -0.15) is 0 Å². The van der Waals surface area contributed by atoms with Gasteiger partial charge in [-0.25, -0.2) is 4.79 Å². The molecule has 1 atom stereocenters. The third kappa shape index (κ3) is 4.69. The highest BCUT2D eigenvalue weighted by Crippen LogP contribution is 2.20. The number of halogens is 1. The van der Waals surface area contributed by atoms with Gasteiger partial charge in [-0.05, 0) is 37.7 Å². The van der Waals surface area contributed by atoms with Gasteiger partial charge in [0.2, 0.25) is 0 Å². The lowest BCUT2D eigenvalue weighted by Crippen LogP contribution is -2.34. The van der Waals surface area contributed by atoms with Crippen LogP contribution >= 0.6 is 11.6 Å². The summed E-state index contributed by atoms with van der Waals surface area (Å²) >= 11 is 6.02. The van der Waals surface area contributed by atoms with Crippen LogP contribution in [0.5, 0.6) is 0 Å². The summed E-state index contributed by atoms with van der Waals surface area (Å²) in [6.45, 7) is 8.80. The van der Waals surface area contributed by atoms with Crippen molar-refractivity contribution in [2.75, 3.05) is 25.4 Å². The van der Waals surface area contributed by atoms with E-state index in [1.807, 2.05) is 6.92 Å². The maximum atomic E-state index is 12.1. The summed E-state index contributed by atoms with van der Waals surface area (Å²) in [7, 11) is 0. The number of carbonyl (C=O) groups is 1. The fourth-order valence-electron chi connectivity index (χ4n) is 1.93. The molecule has 5 heteroatoms. The standard InChI is InChI=1S/C15H23ClN2O2/c1-4-12(10-18(5-2)6-3)20-15(19)13-8-7-11(17)9-14(13)16/h7-9,12H,4-6,10,17H2,1-3H3. The molecule has 4 nitrogen and oxygen atoms in total. The van der Waals surface area contributed by atoms with Crippen molar-refractivity contribution in [2.24, 2.45) is 0 Å². The second-order valence-electron chi connectivity index (χ2n) is 4.66. The molecule has 0 bridgehead atoms. The summed E-state index contributed by atoms with van der Waals surface area (Å²) in [6.07, 6.45) is 0.644. The van der Waals surface area contributed by atoms with E-state index in [-0.39, 0.29) is 6.10 Å². The zero-order chi connectivity index (χ0) is 15.1. The third-order valence-electron chi connectivity index (χ3n) is 3.30. The van der Waals surface area contributed by atoms with Crippen molar-refractivity contribution in [2.45, 2.75) is 33.3 Å². The maximum absolute atomic E-state index is 12.1. The van der Waals surface area contributed by atoms with Crippen LogP contribution in [-0.4, -0.2) is 36.6 Å². The van der Waals surface area contributed by atoms with Gasteiger partial charge in [0.1, 0.15) is 6.10 Å². The topological polar surface area (TPSA) is 55.6 Å². The molecule has 0 spiro atoms. The number of hydrogen-bond acceptors (Lipinski definition) is 4. The molecule has 112 valence electrons. The molecule has 0 radical (unpaired) electrons. The number of hydrogen-bond donors (Lipinski definition) is 1. The van der Waals surface area contributed by atoms with Gasteiger partial charge < -0.3 is 15.4 Å². The Morgan fingerprint density at radius 3 is 2.50 bits per heavy atom. The molecule has 1 aromatic carbocycles. The van der Waals surface area contributed by atoms with Crippen LogP contribution in [0.4, 0.5) is 5.69 Å². The molecule has 1 aromatic rings. The van der Waals surface area contributed by atoms with E-state index in [1.165, 1.54) is 0 Å². The second-order valence-corrected chi connectivity index (χ2v) is 5.07. The normalized spacial score (nSPS) is 12.4. The molecular formula is C15H23ClN2O2. The Labute approximate surface area is 125 Å². The van der Waals surface area contributed by atoms with E-state index >= 15 is 0 Å². The molecule has 0 aliphatic rings. The van der Waals surface area contributed by atoms with Gasteiger partial charge >= 0.3 is 5.97 Å². The summed E-state index contributed by atoms with van der Waals surface area (Å²) in [5.74, 6) is -0.394. The highest BCUT2D eigenvalue weighted by molar-refractivity contribution is 6.33. The van der Waals surface area contributed by atoms with Crippen molar-refractivity contribution in [3.8, 4) is 0 Å². The molecule has 0 fully saturated rings. The molecule has 0 aliphatic heterocycles. The Balaban J connectivity index is 2.71. The van der Waals surface area contributed by atoms with Crippen molar-refractivity contribution in [3.63, 3.8) is 0 Å². The molecule has 1 unspecified atom stereocenters. The Bertz CT molecular complexity index is 447. The van der Waals surface area contributed by atoms with Crippen LogP contribution in [0, 0.1) is 0 Å². The van der Waals surface area contributed by atoms with Crippen LogP contribution in [0.2, 0.25) is 5.02 Å². The number of benzene rings is 1. The number of rotatable bonds is 7. The lowest BCUT2D eigenvalue weighted by molar-refractivity contribution is 0.0201. The number of anilines is 1. The maximum Gasteiger partial charge on any atom is 0.339 e. The molecule has 0 aliphatic carbocycles. The van der Waals surface area contributed by atoms with Gasteiger partial charge in [0.05, 0.1) is 10.6 Å². The van der Waals surface area contributed by atoms with Gasteiger partial charge in [-0.1, -0.05) is 32.4 Å². The van der Waals surface area contributed by atoms with Crippen molar-refractivity contribution >= 4 is 23.3 Å². The molecule has 0 heterocycles. The van der Waals surface area contributed by atoms with Gasteiger partial charge in [-0.3, -0.25) is 0 Å². The molecule has 0 aromatic heterocycles. The largest absolute Gasteiger partial charge is 0.457 e. The van der Waals surface area contributed by atoms with Gasteiger partial charge in [0.25, 0.3) is 0 Å². The first kappa shape index (κ1) is 16.8. The zero-order valence-electron chi connectivity index (χ0n) is 12.4. The SMILES string of the molecule is CCC(CN(CC)CC)OC(=O)c1ccc(N)cc1Cl. The number of nitrogens with zero attached hydrogens (tertiary/aromatic N) is 1. The van der Waals surface area contributed by atoms with Crippen molar-refractivity contribution in [1.29, 1.82) is 0 Å². The molecule has 20 heavy (non-hydrogen) atoms. The van der Waals surface area contributed by atoms with Crippen molar-refractivity contribution in [3.05, 3.63) is 28.8 Å². The van der Waals surface area contributed by atoms with E-state index in [2.05, 4.69) is 18.7 Å². The van der Waals surface area contributed by atoms with Gasteiger partial charge in [0.15, 0.2) is 0 Å². The van der Waals surface area contributed by atoms with Gasteiger partial charge in [-0.15, -0.1) is 0 Å². The first-order valence-electron chi connectivity index (χ1n) is 7.00. The minimum atomic E-state index is -0.394. The minimum Gasteiger partial charge on any atom is -0.457 e. The monoisotopic (exact) mass is 298 g/mol. The molecule has 0 saturated carbocycles. The fourth-order valence-corrected chi connectivity index (χ4v) is 2.20. The first-order valence-corrected chi connectivity index (χ1v) is 7.37. The quantitative estimate of drug-likeness (QED) is 0.620. The summed E-state index contributed by atoms with van der Waals surface area (Å²) < 4.78 is 5.53. The van der Waals surface area contributed by atoms with Crippen LogP contribution in [0.3, 0.4) is 0 Å². The average Bonchev–Trinajstić information content (AvgIpc) is 2.43. The lowest BCUT2D eigenvalue weighted by atomic mass is 10.2. The Morgan fingerprint density at radius 1 is 1.35 bits per heavy atom. The molecular weight excluding hydrogens is 276 g/mol. The average molecular weight is 299 g/mol. The molecule has 0 saturated heterocycles. The number of likely N-dealkylation sites (N-methyl/N-ethyl adjacent to an activating group) is 1. The zero-order valence-corrected chi connectivity index (χ0v) is 13.1. The van der Waals surface area contributed by atoms with Crippen molar-refractivity contribution < 1.29 is 9.53 Å². The van der Waals surface area contributed by atoms with Crippen LogP contribution in [0.1, 0.15) is 37.6 Å². The van der Waals surface area contributed by atoms with Crippen LogP contribution < -0.4 is 5.73 Å². The molecule has 1 rings (SSSR count). The first-order chi connectivity index (χ1) is 9.51. The molecule has 2 N–H and O–H groups in total. The van der Waals surface area contributed by atoms with Crippen LogP contribution in [-0.2, 0) is 4.74 Å². The Hall–Kier alpha value is -1.26. The van der Waals surface area contributed by atoms with E-state index in [1.54, 1.807) is 18.2 Å². The lowest BCUT2D eigenvalue weighted by Gasteiger charge is -2.24. The number of ether oxygens (including phenoxy) is 1. The predicted octanol–water partition coefficient (Wildman–Crippen LogP) is 3.20. The number of nitrogen functional groups attached to an aromatic ring is 1. The highest BCUT2D eigenvalue weighted by Gasteiger charge is 2.18. The van der Waals surface area contributed by atoms with Crippen LogP contribution in [0.25, 0.3) is 0 Å². The number of esters is 1. The van der Waals surface area contributed by atoms with Crippen LogP contribution in [0.15, 0.2) is 18.2 Å². The highest BCUT2D eigenvalue weighted by atomic mass is 35.5. The van der Waals surface area contributed by atoms with E-state index in [9.17, 15) is 4.79 Å². The minimum absolute atomic E-state index is 0.129. The second kappa shape index (κ2) is 8.12. The molecule has 0 amide bonds. The fraction of sp³-hybridized carbons (Fsp3) is 0.533.